The molecule has 1 rings (SSSR count). The van der Waals surface area contributed by atoms with Gasteiger partial charge in [0.1, 0.15) is 12.0 Å². The molecule has 0 heterocycles. The second-order valence-electron chi connectivity index (χ2n) is 4.11. The molecule has 0 bridgehead atoms. The molecule has 0 amide bonds. The number of carbonyl (C=O) groups is 1. The fourth-order valence-electron chi connectivity index (χ4n) is 1.72. The zero-order valence-electron chi connectivity index (χ0n) is 10.4. The Morgan fingerprint density at radius 1 is 1.31 bits per heavy atom. The fourth-order valence-corrected chi connectivity index (χ4v) is 1.72. The summed E-state index contributed by atoms with van der Waals surface area (Å²) in [6.07, 6.45) is 0.922. The lowest BCUT2D eigenvalue weighted by molar-refractivity contribution is -0.108. The number of hydrogen-bond acceptors (Lipinski definition) is 3. The second kappa shape index (κ2) is 5.66. The van der Waals surface area contributed by atoms with Crippen molar-refractivity contribution in [1.82, 2.24) is 4.90 Å². The summed E-state index contributed by atoms with van der Waals surface area (Å²) in [5.74, 6) is 0.916. The third kappa shape index (κ3) is 3.07. The maximum atomic E-state index is 10.4. The maximum absolute atomic E-state index is 10.4. The van der Waals surface area contributed by atoms with Crippen molar-refractivity contribution in [3.8, 4) is 5.75 Å². The van der Waals surface area contributed by atoms with E-state index in [2.05, 4.69) is 13.0 Å². The van der Waals surface area contributed by atoms with Crippen LogP contribution in [0.25, 0.3) is 0 Å². The first-order chi connectivity index (χ1) is 7.58. The number of rotatable bonds is 5. The molecule has 0 unspecified atom stereocenters. The van der Waals surface area contributed by atoms with Gasteiger partial charge in [0.25, 0.3) is 0 Å². The third-order valence-corrected chi connectivity index (χ3v) is 2.68. The molecule has 0 N–H and O–H groups in total. The first-order valence-electron chi connectivity index (χ1n) is 5.34. The highest BCUT2D eigenvalue weighted by atomic mass is 16.5. The van der Waals surface area contributed by atoms with Crippen molar-refractivity contribution in [2.45, 2.75) is 20.4 Å². The molecule has 1 aromatic rings. The van der Waals surface area contributed by atoms with Gasteiger partial charge in [-0.15, -0.1) is 0 Å². The van der Waals surface area contributed by atoms with Crippen molar-refractivity contribution in [3.05, 3.63) is 28.8 Å². The van der Waals surface area contributed by atoms with Crippen molar-refractivity contribution in [2.24, 2.45) is 0 Å². The molecular weight excluding hydrogens is 202 g/mol. The summed E-state index contributed by atoms with van der Waals surface area (Å²) in [6.45, 7) is 5.34. The van der Waals surface area contributed by atoms with E-state index >= 15 is 0 Å². The van der Waals surface area contributed by atoms with E-state index in [-0.39, 0.29) is 0 Å². The summed E-state index contributed by atoms with van der Waals surface area (Å²) in [5.41, 5.74) is 3.56. The zero-order chi connectivity index (χ0) is 12.1. The number of ether oxygens (including phenoxy) is 1. The van der Waals surface area contributed by atoms with E-state index in [1.165, 1.54) is 11.1 Å². The van der Waals surface area contributed by atoms with Gasteiger partial charge in [-0.1, -0.05) is 6.07 Å². The lowest BCUT2D eigenvalue weighted by Gasteiger charge is -2.17. The van der Waals surface area contributed by atoms with E-state index in [1.54, 1.807) is 7.11 Å². The molecule has 88 valence electrons. The number of methoxy groups -OCH3 is 1. The van der Waals surface area contributed by atoms with Gasteiger partial charge in [0.05, 0.1) is 13.7 Å². The first-order valence-corrected chi connectivity index (χ1v) is 5.34. The van der Waals surface area contributed by atoms with E-state index in [4.69, 9.17) is 4.74 Å². The summed E-state index contributed by atoms with van der Waals surface area (Å²) >= 11 is 0. The number of nitrogens with zero attached hydrogens (tertiary/aromatic N) is 1. The third-order valence-electron chi connectivity index (χ3n) is 2.68. The summed E-state index contributed by atoms with van der Waals surface area (Å²) in [6, 6.07) is 4.16. The molecule has 0 spiro atoms. The van der Waals surface area contributed by atoms with Crippen LogP contribution >= 0.6 is 0 Å². The number of aryl methyl sites for hydroxylation is 2. The zero-order valence-corrected chi connectivity index (χ0v) is 10.4. The molecule has 0 atom stereocenters. The Balaban J connectivity index is 2.88. The first kappa shape index (κ1) is 12.7. The van der Waals surface area contributed by atoms with Gasteiger partial charge in [-0.2, -0.15) is 0 Å². The standard InChI is InChI=1S/C13H19NO2/c1-10-8-13(16-4)11(2)7-12(10)9-14(3)5-6-15/h6-8H,5,9H2,1-4H3. The maximum Gasteiger partial charge on any atom is 0.133 e. The molecule has 0 aliphatic carbocycles. The van der Waals surface area contributed by atoms with Crippen molar-refractivity contribution in [2.75, 3.05) is 20.7 Å². The topological polar surface area (TPSA) is 29.5 Å². The predicted octanol–water partition coefficient (Wildman–Crippen LogP) is 1.94. The van der Waals surface area contributed by atoms with Crippen LogP contribution in [0, 0.1) is 13.8 Å². The SMILES string of the molecule is COc1cc(C)c(CN(C)CC=O)cc1C. The van der Waals surface area contributed by atoms with Crippen molar-refractivity contribution in [3.63, 3.8) is 0 Å². The minimum Gasteiger partial charge on any atom is -0.496 e. The largest absolute Gasteiger partial charge is 0.496 e. The quantitative estimate of drug-likeness (QED) is 0.712. The van der Waals surface area contributed by atoms with Crippen LogP contribution < -0.4 is 4.74 Å². The van der Waals surface area contributed by atoms with Gasteiger partial charge in [0.15, 0.2) is 0 Å². The number of carbonyl (C=O) groups excluding carboxylic acids is 1. The van der Waals surface area contributed by atoms with Crippen LogP contribution in [0.1, 0.15) is 16.7 Å². The normalized spacial score (nSPS) is 10.6. The van der Waals surface area contributed by atoms with Crippen molar-refractivity contribution < 1.29 is 9.53 Å². The van der Waals surface area contributed by atoms with Gasteiger partial charge in [0, 0.05) is 6.54 Å². The molecule has 0 saturated heterocycles. The minimum absolute atomic E-state index is 0.463. The Hall–Kier alpha value is -1.35. The van der Waals surface area contributed by atoms with Gasteiger partial charge in [-0.25, -0.2) is 0 Å². The van der Waals surface area contributed by atoms with Crippen molar-refractivity contribution >= 4 is 6.29 Å². The highest BCUT2D eigenvalue weighted by molar-refractivity contribution is 5.52. The summed E-state index contributed by atoms with van der Waals surface area (Å²) in [5, 5.41) is 0. The molecule has 3 heteroatoms. The second-order valence-corrected chi connectivity index (χ2v) is 4.11. The van der Waals surface area contributed by atoms with E-state index in [1.807, 2.05) is 24.9 Å². The molecule has 0 aliphatic rings. The average molecular weight is 221 g/mol. The van der Waals surface area contributed by atoms with Crippen LogP contribution in [0.5, 0.6) is 5.75 Å². The average Bonchev–Trinajstić information content (AvgIpc) is 2.23. The van der Waals surface area contributed by atoms with Gasteiger partial charge in [0.2, 0.25) is 0 Å². The Morgan fingerprint density at radius 3 is 2.56 bits per heavy atom. The van der Waals surface area contributed by atoms with E-state index in [0.717, 1.165) is 24.1 Å². The lowest BCUT2D eigenvalue weighted by atomic mass is 10.0. The van der Waals surface area contributed by atoms with Crippen LogP contribution in [0.15, 0.2) is 12.1 Å². The summed E-state index contributed by atoms with van der Waals surface area (Å²) in [4.78, 5) is 12.4. The van der Waals surface area contributed by atoms with Crippen LogP contribution in [-0.2, 0) is 11.3 Å². The molecule has 3 nitrogen and oxygen atoms in total. The number of hydrogen-bond donors (Lipinski definition) is 0. The lowest BCUT2D eigenvalue weighted by Crippen LogP contribution is -2.20. The Labute approximate surface area is 97.0 Å². The molecule has 0 aromatic heterocycles. The fraction of sp³-hybridized carbons (Fsp3) is 0.462. The summed E-state index contributed by atoms with van der Waals surface area (Å²) < 4.78 is 5.26. The molecule has 0 radical (unpaired) electrons. The van der Waals surface area contributed by atoms with Crippen LogP contribution in [-0.4, -0.2) is 31.9 Å². The number of benzene rings is 1. The highest BCUT2D eigenvalue weighted by Crippen LogP contribution is 2.23. The van der Waals surface area contributed by atoms with E-state index in [9.17, 15) is 4.79 Å². The van der Waals surface area contributed by atoms with Gasteiger partial charge < -0.3 is 9.53 Å². The van der Waals surface area contributed by atoms with Gasteiger partial charge >= 0.3 is 0 Å². The smallest absolute Gasteiger partial charge is 0.133 e. The molecular formula is C13H19NO2. The minimum atomic E-state index is 0.463. The predicted molar refractivity (Wildman–Crippen MR) is 64.9 cm³/mol. The Morgan fingerprint density at radius 2 is 2.00 bits per heavy atom. The van der Waals surface area contributed by atoms with Gasteiger partial charge in [-0.05, 0) is 43.7 Å². The monoisotopic (exact) mass is 221 g/mol. The number of likely N-dealkylation sites (N-methyl/N-ethyl adjacent to an activating group) is 1. The molecule has 0 aliphatic heterocycles. The van der Waals surface area contributed by atoms with Crippen molar-refractivity contribution in [1.29, 1.82) is 0 Å². The van der Waals surface area contributed by atoms with E-state index < -0.39 is 0 Å². The summed E-state index contributed by atoms with van der Waals surface area (Å²) in [7, 11) is 3.62. The number of aldehydes is 1. The highest BCUT2D eigenvalue weighted by Gasteiger charge is 2.06. The van der Waals surface area contributed by atoms with E-state index in [0.29, 0.717) is 6.54 Å². The molecule has 0 saturated carbocycles. The molecule has 16 heavy (non-hydrogen) atoms. The van der Waals surface area contributed by atoms with Crippen LogP contribution in [0.4, 0.5) is 0 Å². The van der Waals surface area contributed by atoms with Gasteiger partial charge in [-0.3, -0.25) is 4.90 Å². The van der Waals surface area contributed by atoms with Crippen LogP contribution in [0.2, 0.25) is 0 Å². The Kier molecular flexibility index (Phi) is 4.50. The van der Waals surface area contributed by atoms with Crippen LogP contribution in [0.3, 0.4) is 0 Å². The molecule has 0 fully saturated rings. The molecule has 1 aromatic carbocycles. The Bertz CT molecular complexity index is 374.